The van der Waals surface area contributed by atoms with Gasteiger partial charge in [-0.2, -0.15) is 0 Å². The number of hydrogen-bond donors (Lipinski definition) is 6. The molecule has 0 aliphatic carbocycles. The van der Waals surface area contributed by atoms with Crippen LogP contribution in [0.15, 0.2) is 12.2 Å². The number of unbranched alkanes of at least 4 members (excludes halogenated alkanes) is 1. The second-order valence-corrected chi connectivity index (χ2v) is 6.66. The molecule has 6 N–H and O–H groups in total. The number of ether oxygens (including phenoxy) is 2. The molecule has 0 spiro atoms. The molecule has 7 unspecified atom stereocenters. The minimum absolute atomic E-state index is 0.199. The van der Waals surface area contributed by atoms with E-state index in [1.807, 2.05) is 13.8 Å². The smallest absolute Gasteiger partial charge is 0.220 e. The molecule has 1 heterocycles. The van der Waals surface area contributed by atoms with Crippen molar-refractivity contribution in [1.82, 2.24) is 5.32 Å². The number of aliphatic hydroxyl groups is 5. The maximum Gasteiger partial charge on any atom is 0.220 e. The number of nitrogens with one attached hydrogen (secondary N) is 1. The summed E-state index contributed by atoms with van der Waals surface area (Å²) in [5.74, 6) is -0.247. The third kappa shape index (κ3) is 7.46. The highest BCUT2D eigenvalue weighted by atomic mass is 16.7. The minimum atomic E-state index is -1.55. The quantitative estimate of drug-likeness (QED) is 0.241. The standard InChI is InChI=1S/C18H33NO8/c1-3-5-6-8-12(21)11(19-14(22)7-4-2)10-26-18-17(25)16(24)15(23)13(9-20)27-18/h6,8,11-13,15-18,20-21,23-25H,3-5,7,9-10H2,1-2H3,(H,19,22)/b8-6+. The van der Waals surface area contributed by atoms with Gasteiger partial charge < -0.3 is 40.3 Å². The van der Waals surface area contributed by atoms with Crippen molar-refractivity contribution < 1.29 is 39.8 Å². The predicted octanol–water partition coefficient (Wildman–Crippen LogP) is -1.19. The van der Waals surface area contributed by atoms with Crippen molar-refractivity contribution in [3.63, 3.8) is 0 Å². The van der Waals surface area contributed by atoms with Crippen LogP contribution < -0.4 is 5.32 Å². The van der Waals surface area contributed by atoms with E-state index in [2.05, 4.69) is 5.32 Å². The second kappa shape index (κ2) is 12.4. The third-order valence-electron chi connectivity index (χ3n) is 4.31. The van der Waals surface area contributed by atoms with Gasteiger partial charge in [-0.1, -0.05) is 32.4 Å². The van der Waals surface area contributed by atoms with Crippen molar-refractivity contribution in [2.45, 2.75) is 82.4 Å². The zero-order valence-electron chi connectivity index (χ0n) is 15.9. The summed E-state index contributed by atoms with van der Waals surface area (Å²) in [4.78, 5) is 11.9. The molecule has 1 aliphatic rings. The molecular formula is C18H33NO8. The van der Waals surface area contributed by atoms with Gasteiger partial charge in [-0.15, -0.1) is 0 Å². The van der Waals surface area contributed by atoms with E-state index in [1.54, 1.807) is 12.2 Å². The molecule has 0 aromatic rings. The summed E-state index contributed by atoms with van der Waals surface area (Å²) >= 11 is 0. The SMILES string of the molecule is CCC/C=C/C(O)C(COC1OC(CO)C(O)C(O)C1O)NC(=O)CCC. The summed E-state index contributed by atoms with van der Waals surface area (Å²) in [6.07, 6.45) is -1.99. The average molecular weight is 391 g/mol. The zero-order chi connectivity index (χ0) is 20.4. The van der Waals surface area contributed by atoms with E-state index in [4.69, 9.17) is 9.47 Å². The highest BCUT2D eigenvalue weighted by molar-refractivity contribution is 5.76. The first-order valence-corrected chi connectivity index (χ1v) is 9.41. The maximum absolute atomic E-state index is 11.9. The Morgan fingerprint density at radius 1 is 1.19 bits per heavy atom. The van der Waals surface area contributed by atoms with Gasteiger partial charge in [-0.05, 0) is 12.8 Å². The number of aliphatic hydroxyl groups excluding tert-OH is 5. The van der Waals surface area contributed by atoms with E-state index in [0.717, 1.165) is 12.8 Å². The van der Waals surface area contributed by atoms with Gasteiger partial charge in [-0.25, -0.2) is 0 Å². The maximum atomic E-state index is 11.9. The van der Waals surface area contributed by atoms with E-state index < -0.39 is 49.5 Å². The number of hydrogen-bond acceptors (Lipinski definition) is 8. The Bertz CT molecular complexity index is 459. The fraction of sp³-hybridized carbons (Fsp3) is 0.833. The first-order chi connectivity index (χ1) is 12.8. The Hall–Kier alpha value is -1.07. The van der Waals surface area contributed by atoms with E-state index in [9.17, 15) is 30.3 Å². The number of amides is 1. The molecule has 1 saturated heterocycles. The molecule has 9 heteroatoms. The fourth-order valence-electron chi connectivity index (χ4n) is 2.67. The first-order valence-electron chi connectivity index (χ1n) is 9.41. The first kappa shape index (κ1) is 24.0. The van der Waals surface area contributed by atoms with Gasteiger partial charge in [0, 0.05) is 6.42 Å². The largest absolute Gasteiger partial charge is 0.394 e. The number of allylic oxidation sites excluding steroid dienone is 1. The van der Waals surface area contributed by atoms with Crippen molar-refractivity contribution in [2.75, 3.05) is 13.2 Å². The summed E-state index contributed by atoms with van der Waals surface area (Å²) in [5.41, 5.74) is 0. The normalized spacial score (nSPS) is 31.0. The van der Waals surface area contributed by atoms with Crippen molar-refractivity contribution >= 4 is 5.91 Å². The summed E-state index contributed by atoms with van der Waals surface area (Å²) in [7, 11) is 0. The Morgan fingerprint density at radius 3 is 2.48 bits per heavy atom. The van der Waals surface area contributed by atoms with Gasteiger partial charge in [0.2, 0.25) is 5.91 Å². The molecule has 1 fully saturated rings. The Kier molecular flexibility index (Phi) is 11.0. The molecule has 0 aromatic heterocycles. The topological polar surface area (TPSA) is 149 Å². The highest BCUT2D eigenvalue weighted by Gasteiger charge is 2.44. The molecule has 27 heavy (non-hydrogen) atoms. The van der Waals surface area contributed by atoms with E-state index in [-0.39, 0.29) is 12.5 Å². The van der Waals surface area contributed by atoms with E-state index in [0.29, 0.717) is 12.8 Å². The van der Waals surface area contributed by atoms with Gasteiger partial charge in [0.05, 0.1) is 25.4 Å². The Morgan fingerprint density at radius 2 is 1.89 bits per heavy atom. The van der Waals surface area contributed by atoms with Crippen LogP contribution in [-0.2, 0) is 14.3 Å². The second-order valence-electron chi connectivity index (χ2n) is 6.66. The molecule has 158 valence electrons. The fourth-order valence-corrected chi connectivity index (χ4v) is 2.67. The van der Waals surface area contributed by atoms with Gasteiger partial charge in [0.15, 0.2) is 6.29 Å². The van der Waals surface area contributed by atoms with Crippen LogP contribution in [0, 0.1) is 0 Å². The van der Waals surface area contributed by atoms with Crippen molar-refractivity contribution in [2.24, 2.45) is 0 Å². The molecule has 1 rings (SSSR count). The van der Waals surface area contributed by atoms with Crippen molar-refractivity contribution in [1.29, 1.82) is 0 Å². The van der Waals surface area contributed by atoms with Crippen LogP contribution in [0.4, 0.5) is 0 Å². The van der Waals surface area contributed by atoms with Crippen molar-refractivity contribution in [3.8, 4) is 0 Å². The molecular weight excluding hydrogens is 358 g/mol. The molecule has 1 aliphatic heterocycles. The molecule has 9 nitrogen and oxygen atoms in total. The number of carbonyl (C=O) groups excluding carboxylic acids is 1. The van der Waals surface area contributed by atoms with Crippen LogP contribution >= 0.6 is 0 Å². The van der Waals surface area contributed by atoms with E-state index in [1.165, 1.54) is 0 Å². The molecule has 7 atom stereocenters. The number of carbonyl (C=O) groups is 1. The molecule has 0 aromatic carbocycles. The highest BCUT2D eigenvalue weighted by Crippen LogP contribution is 2.22. The summed E-state index contributed by atoms with van der Waals surface area (Å²) in [5, 5.41) is 51.8. The molecule has 0 bridgehead atoms. The lowest BCUT2D eigenvalue weighted by molar-refractivity contribution is -0.302. The predicted molar refractivity (Wildman–Crippen MR) is 96.6 cm³/mol. The van der Waals surface area contributed by atoms with Gasteiger partial charge in [0.25, 0.3) is 0 Å². The molecule has 0 radical (unpaired) electrons. The van der Waals surface area contributed by atoms with Crippen LogP contribution in [0.2, 0.25) is 0 Å². The van der Waals surface area contributed by atoms with Crippen LogP contribution in [0.3, 0.4) is 0 Å². The van der Waals surface area contributed by atoms with E-state index >= 15 is 0 Å². The van der Waals surface area contributed by atoms with Crippen molar-refractivity contribution in [3.05, 3.63) is 12.2 Å². The lowest BCUT2D eigenvalue weighted by atomic mass is 9.99. The molecule has 1 amide bonds. The summed E-state index contributed by atoms with van der Waals surface area (Å²) in [6, 6.07) is -0.787. The van der Waals surface area contributed by atoms with Gasteiger partial charge >= 0.3 is 0 Å². The summed E-state index contributed by atoms with van der Waals surface area (Å²) < 4.78 is 10.7. The lowest BCUT2D eigenvalue weighted by Crippen LogP contribution is -2.60. The lowest BCUT2D eigenvalue weighted by Gasteiger charge is -2.40. The van der Waals surface area contributed by atoms with Crippen LogP contribution in [0.5, 0.6) is 0 Å². The zero-order valence-corrected chi connectivity index (χ0v) is 15.9. The van der Waals surface area contributed by atoms with Crippen LogP contribution in [0.1, 0.15) is 39.5 Å². The van der Waals surface area contributed by atoms with Gasteiger partial charge in [0.1, 0.15) is 24.4 Å². The van der Waals surface area contributed by atoms with Crippen LogP contribution in [0.25, 0.3) is 0 Å². The van der Waals surface area contributed by atoms with Gasteiger partial charge in [-0.3, -0.25) is 4.79 Å². The Labute approximate surface area is 159 Å². The Balaban J connectivity index is 2.74. The summed E-state index contributed by atoms with van der Waals surface area (Å²) in [6.45, 7) is 3.09. The van der Waals surface area contributed by atoms with Crippen LogP contribution in [-0.4, -0.2) is 87.5 Å². The third-order valence-corrected chi connectivity index (χ3v) is 4.31. The molecule has 0 saturated carbocycles. The minimum Gasteiger partial charge on any atom is -0.394 e. The number of rotatable bonds is 11. The average Bonchev–Trinajstić information content (AvgIpc) is 2.64. The monoisotopic (exact) mass is 391 g/mol.